The van der Waals surface area contributed by atoms with E-state index in [1.165, 1.54) is 6.92 Å². The highest BCUT2D eigenvalue weighted by molar-refractivity contribution is 6.07. The number of esters is 2. The second-order valence-electron chi connectivity index (χ2n) is 7.76. The fourth-order valence-corrected chi connectivity index (χ4v) is 4.33. The molecule has 0 spiro atoms. The zero-order chi connectivity index (χ0) is 22.0. The van der Waals surface area contributed by atoms with Gasteiger partial charge in [-0.3, -0.25) is 14.5 Å². The minimum Gasteiger partial charge on any atom is -0.463 e. The summed E-state index contributed by atoms with van der Waals surface area (Å²) in [4.78, 5) is 62.9. The monoisotopic (exact) mass is 421 g/mol. The molecule has 4 atom stereocenters. The van der Waals surface area contributed by atoms with Crippen LogP contribution in [0.1, 0.15) is 46.5 Å². The molecule has 3 aliphatic rings. The number of carbonyl (C=O) groups excluding carboxylic acids is 5. The lowest BCUT2D eigenvalue weighted by Gasteiger charge is -2.27. The fourth-order valence-electron chi connectivity index (χ4n) is 4.33. The first kappa shape index (κ1) is 21.8. The van der Waals surface area contributed by atoms with Gasteiger partial charge in [0.05, 0.1) is 35.8 Å². The predicted octanol–water partition coefficient (Wildman–Crippen LogP) is 0.612. The Morgan fingerprint density at radius 2 is 1.70 bits per heavy atom. The molecule has 0 unspecified atom stereocenters. The molecule has 2 N–H and O–H groups in total. The highest BCUT2D eigenvalue weighted by atomic mass is 16.5. The smallest absolute Gasteiger partial charge is 0.338 e. The van der Waals surface area contributed by atoms with E-state index in [1.807, 2.05) is 0 Å². The molecule has 0 aromatic heterocycles. The molecular weight excluding hydrogens is 394 g/mol. The van der Waals surface area contributed by atoms with Gasteiger partial charge in [0.25, 0.3) is 0 Å². The van der Waals surface area contributed by atoms with Gasteiger partial charge in [-0.05, 0) is 33.6 Å². The molecular formula is C20H27N3O7. The Morgan fingerprint density at radius 3 is 2.27 bits per heavy atom. The van der Waals surface area contributed by atoms with E-state index >= 15 is 0 Å². The number of ether oxygens (including phenoxy) is 2. The lowest BCUT2D eigenvalue weighted by Crippen LogP contribution is -2.50. The zero-order valence-electron chi connectivity index (χ0n) is 17.4. The summed E-state index contributed by atoms with van der Waals surface area (Å²) in [6.45, 7) is 4.46. The second kappa shape index (κ2) is 8.85. The summed E-state index contributed by atoms with van der Waals surface area (Å²) >= 11 is 0. The van der Waals surface area contributed by atoms with Crippen LogP contribution < -0.4 is 10.6 Å². The molecule has 10 nitrogen and oxygen atoms in total. The van der Waals surface area contributed by atoms with Crippen LogP contribution >= 0.6 is 0 Å². The van der Waals surface area contributed by atoms with Crippen LogP contribution in [0.2, 0.25) is 0 Å². The van der Waals surface area contributed by atoms with E-state index < -0.39 is 36.7 Å². The molecule has 2 fully saturated rings. The Bertz CT molecular complexity index is 782. The van der Waals surface area contributed by atoms with Crippen molar-refractivity contribution in [1.29, 1.82) is 0 Å². The van der Waals surface area contributed by atoms with Gasteiger partial charge in [-0.2, -0.15) is 0 Å². The van der Waals surface area contributed by atoms with E-state index in [9.17, 15) is 24.0 Å². The Morgan fingerprint density at radius 1 is 1.10 bits per heavy atom. The summed E-state index contributed by atoms with van der Waals surface area (Å²) in [7, 11) is 0. The molecule has 2 heterocycles. The van der Waals surface area contributed by atoms with Crippen molar-refractivity contribution in [2.24, 2.45) is 11.8 Å². The number of rotatable bonds is 6. The maximum absolute atomic E-state index is 12.7. The van der Waals surface area contributed by atoms with E-state index in [0.717, 1.165) is 17.7 Å². The summed E-state index contributed by atoms with van der Waals surface area (Å²) in [5.74, 6) is -2.79. The third-order valence-corrected chi connectivity index (χ3v) is 5.83. The highest BCUT2D eigenvalue weighted by Crippen LogP contribution is 2.38. The first-order chi connectivity index (χ1) is 14.3. The first-order valence-corrected chi connectivity index (χ1v) is 10.3. The maximum Gasteiger partial charge on any atom is 0.338 e. The van der Waals surface area contributed by atoms with Crippen LogP contribution in [-0.2, 0) is 28.7 Å². The van der Waals surface area contributed by atoms with Crippen molar-refractivity contribution in [2.75, 3.05) is 13.2 Å². The van der Waals surface area contributed by atoms with Gasteiger partial charge in [0.2, 0.25) is 11.8 Å². The number of fused-ring (bicyclic) bond motifs is 1. The predicted molar refractivity (Wildman–Crippen MR) is 103 cm³/mol. The van der Waals surface area contributed by atoms with Gasteiger partial charge in [-0.1, -0.05) is 12.8 Å². The minimum atomic E-state index is -1.09. The summed E-state index contributed by atoms with van der Waals surface area (Å²) in [6.07, 6.45) is 3.09. The number of nitrogens with zero attached hydrogens (tertiary/aromatic N) is 1. The number of likely N-dealkylation sites (tertiary alicyclic amines) is 1. The second-order valence-corrected chi connectivity index (χ2v) is 7.76. The van der Waals surface area contributed by atoms with Crippen molar-refractivity contribution in [3.63, 3.8) is 0 Å². The van der Waals surface area contributed by atoms with Gasteiger partial charge in [0.15, 0.2) is 0 Å². The molecule has 0 aromatic carbocycles. The van der Waals surface area contributed by atoms with Crippen molar-refractivity contribution < 1.29 is 33.4 Å². The molecule has 0 radical (unpaired) electrons. The van der Waals surface area contributed by atoms with Crippen LogP contribution in [0.3, 0.4) is 0 Å². The maximum atomic E-state index is 12.7. The quantitative estimate of drug-likeness (QED) is 0.474. The minimum absolute atomic E-state index is 0.109. The van der Waals surface area contributed by atoms with Gasteiger partial charge < -0.3 is 20.1 Å². The number of nitrogens with one attached hydrogen (secondary N) is 2. The zero-order valence-corrected chi connectivity index (χ0v) is 17.4. The van der Waals surface area contributed by atoms with E-state index in [4.69, 9.17) is 9.47 Å². The lowest BCUT2D eigenvalue weighted by atomic mass is 9.81. The van der Waals surface area contributed by atoms with E-state index in [2.05, 4.69) is 10.6 Å². The molecule has 2 aliphatic heterocycles. The number of urea groups is 1. The SMILES string of the molecule is CCOC(=O)C1=C(COC(=O)[C@H](C)N2C(=O)[C@H]3CCCC[C@@H]3C2=O)NC(=O)N[C@H]1C. The Balaban J connectivity index is 1.71. The number of hydrogen-bond donors (Lipinski definition) is 2. The number of amides is 4. The molecule has 4 amide bonds. The summed E-state index contributed by atoms with van der Waals surface area (Å²) in [5.41, 5.74) is 0.259. The first-order valence-electron chi connectivity index (χ1n) is 10.3. The molecule has 0 bridgehead atoms. The van der Waals surface area contributed by atoms with Crippen molar-refractivity contribution in [3.05, 3.63) is 11.3 Å². The van der Waals surface area contributed by atoms with Crippen LogP contribution in [0.4, 0.5) is 4.79 Å². The summed E-state index contributed by atoms with van der Waals surface area (Å²) in [5, 5.41) is 5.01. The fraction of sp³-hybridized carbons (Fsp3) is 0.650. The topological polar surface area (TPSA) is 131 Å². The molecule has 1 saturated heterocycles. The summed E-state index contributed by atoms with van der Waals surface area (Å²) in [6, 6.07) is -2.26. The van der Waals surface area contributed by atoms with Crippen molar-refractivity contribution >= 4 is 29.8 Å². The van der Waals surface area contributed by atoms with E-state index in [-0.39, 0.29) is 41.5 Å². The molecule has 3 rings (SSSR count). The Hall–Kier alpha value is -2.91. The highest BCUT2D eigenvalue weighted by Gasteiger charge is 2.51. The molecule has 1 saturated carbocycles. The Kier molecular flexibility index (Phi) is 6.42. The van der Waals surface area contributed by atoms with Crippen LogP contribution in [0, 0.1) is 11.8 Å². The van der Waals surface area contributed by atoms with Gasteiger partial charge in [0.1, 0.15) is 12.6 Å². The normalized spacial score (nSPS) is 27.2. The standard InChI is InChI=1S/C20H27N3O7/c1-4-29-19(27)15-10(2)21-20(28)22-14(15)9-30-18(26)11(3)23-16(24)12-7-5-6-8-13(12)17(23)25/h10-13H,4-9H2,1-3H3,(H2,21,22,28)/t10-,11-,12-,13-/m0/s1. The van der Waals surface area contributed by atoms with Crippen LogP contribution in [0.5, 0.6) is 0 Å². The largest absolute Gasteiger partial charge is 0.463 e. The average Bonchev–Trinajstić information content (AvgIpc) is 2.96. The molecule has 30 heavy (non-hydrogen) atoms. The van der Waals surface area contributed by atoms with Crippen molar-refractivity contribution in [1.82, 2.24) is 15.5 Å². The molecule has 1 aliphatic carbocycles. The van der Waals surface area contributed by atoms with Gasteiger partial charge in [-0.25, -0.2) is 14.4 Å². The van der Waals surface area contributed by atoms with Gasteiger partial charge in [0, 0.05) is 0 Å². The molecule has 0 aromatic rings. The van der Waals surface area contributed by atoms with Crippen LogP contribution in [0.25, 0.3) is 0 Å². The van der Waals surface area contributed by atoms with E-state index in [0.29, 0.717) is 12.8 Å². The number of carbonyl (C=O) groups is 5. The lowest BCUT2D eigenvalue weighted by molar-refractivity contribution is -0.157. The third kappa shape index (κ3) is 4.03. The number of imide groups is 1. The third-order valence-electron chi connectivity index (χ3n) is 5.83. The van der Waals surface area contributed by atoms with Gasteiger partial charge >= 0.3 is 18.0 Å². The number of hydrogen-bond acceptors (Lipinski definition) is 7. The van der Waals surface area contributed by atoms with E-state index in [1.54, 1.807) is 13.8 Å². The summed E-state index contributed by atoms with van der Waals surface area (Å²) < 4.78 is 10.3. The van der Waals surface area contributed by atoms with Gasteiger partial charge in [-0.15, -0.1) is 0 Å². The van der Waals surface area contributed by atoms with Crippen molar-refractivity contribution in [2.45, 2.75) is 58.5 Å². The van der Waals surface area contributed by atoms with Crippen molar-refractivity contribution in [3.8, 4) is 0 Å². The molecule has 10 heteroatoms. The Labute approximate surface area is 174 Å². The van der Waals surface area contributed by atoms with Crippen LogP contribution in [0.15, 0.2) is 11.3 Å². The van der Waals surface area contributed by atoms with Crippen LogP contribution in [-0.4, -0.2) is 60.0 Å². The molecule has 164 valence electrons. The average molecular weight is 421 g/mol.